The topological polar surface area (TPSA) is 53.5 Å². The van der Waals surface area contributed by atoms with Crippen LogP contribution in [0.3, 0.4) is 0 Å². The normalized spacial score (nSPS) is 16.9. The van der Waals surface area contributed by atoms with E-state index in [9.17, 15) is 0 Å². The summed E-state index contributed by atoms with van der Waals surface area (Å²) in [7, 11) is 1.68. The van der Waals surface area contributed by atoms with E-state index in [0.717, 1.165) is 38.5 Å². The van der Waals surface area contributed by atoms with Crippen LogP contribution in [0.2, 0.25) is 0 Å². The Kier molecular flexibility index (Phi) is 5.39. The van der Waals surface area contributed by atoms with Crippen molar-refractivity contribution in [2.24, 2.45) is 0 Å². The first kappa shape index (κ1) is 13.8. The lowest BCUT2D eigenvalue weighted by molar-refractivity contribution is 0.210. The Morgan fingerprint density at radius 1 is 1.39 bits per heavy atom. The first-order valence-corrected chi connectivity index (χ1v) is 6.97. The number of anilines is 2. The van der Waals surface area contributed by atoms with Crippen LogP contribution in [0.15, 0.2) is 12.3 Å². The number of nitrogens with one attached hydrogen (secondary N) is 1. The Morgan fingerprint density at radius 3 is 2.89 bits per heavy atom. The average molecular weight is 363 g/mol. The molecule has 0 spiro atoms. The molecule has 0 aromatic carbocycles. The van der Waals surface area contributed by atoms with Gasteiger partial charge in [0.05, 0.1) is 6.61 Å². The second-order valence-electron chi connectivity index (χ2n) is 4.05. The number of aromatic nitrogens is 2. The highest BCUT2D eigenvalue weighted by molar-refractivity contribution is 14.1. The number of nitrogens with zero attached hydrogens (tertiary/aromatic N) is 4. The monoisotopic (exact) mass is 363 g/mol. The third kappa shape index (κ3) is 3.92. The third-order valence-corrected chi connectivity index (χ3v) is 3.74. The van der Waals surface area contributed by atoms with Crippen LogP contribution in [0.25, 0.3) is 0 Å². The molecule has 0 radical (unpaired) electrons. The predicted octanol–water partition coefficient (Wildman–Crippen LogP) is 1.01. The van der Waals surface area contributed by atoms with Crippen molar-refractivity contribution in [1.29, 1.82) is 0 Å². The molecule has 100 valence electrons. The van der Waals surface area contributed by atoms with Crippen molar-refractivity contribution < 1.29 is 4.74 Å². The van der Waals surface area contributed by atoms with E-state index in [2.05, 4.69) is 46.2 Å². The first-order valence-electron chi connectivity index (χ1n) is 6.01. The molecule has 1 fully saturated rings. The molecule has 0 unspecified atom stereocenters. The molecule has 1 N–H and O–H groups in total. The van der Waals surface area contributed by atoms with Crippen LogP contribution in [0.4, 0.5) is 11.8 Å². The van der Waals surface area contributed by atoms with E-state index < -0.39 is 0 Å². The summed E-state index contributed by atoms with van der Waals surface area (Å²) in [6.45, 7) is 5.53. The first-order chi connectivity index (χ1) is 8.79. The maximum Gasteiger partial charge on any atom is 0.224 e. The smallest absolute Gasteiger partial charge is 0.224 e. The molecule has 2 rings (SSSR count). The van der Waals surface area contributed by atoms with Crippen LogP contribution >= 0.6 is 22.9 Å². The lowest BCUT2D eigenvalue weighted by Crippen LogP contribution is -2.42. The molecule has 1 aliphatic heterocycles. The van der Waals surface area contributed by atoms with E-state index in [1.807, 2.05) is 6.07 Å². The van der Waals surface area contributed by atoms with Crippen LogP contribution in [-0.4, -0.2) is 59.5 Å². The van der Waals surface area contributed by atoms with E-state index in [1.165, 1.54) is 0 Å². The number of rotatable bonds is 5. The summed E-state index contributed by atoms with van der Waals surface area (Å²) in [4.78, 5) is 11.0. The Hall–Kier alpha value is -0.670. The zero-order valence-corrected chi connectivity index (χ0v) is 12.6. The number of hydrogen-bond donors (Lipinski definition) is 1. The van der Waals surface area contributed by atoms with Crippen molar-refractivity contribution in [1.82, 2.24) is 13.1 Å². The molecular formula is C11H18IN5O. The van der Waals surface area contributed by atoms with Crippen molar-refractivity contribution in [3.05, 3.63) is 12.3 Å². The fourth-order valence-electron chi connectivity index (χ4n) is 1.79. The molecule has 0 amide bonds. The Bertz CT molecular complexity index is 370. The minimum atomic E-state index is 0.654. The Morgan fingerprint density at radius 2 is 2.17 bits per heavy atom. The number of methoxy groups -OCH3 is 1. The molecule has 0 aliphatic carbocycles. The van der Waals surface area contributed by atoms with Gasteiger partial charge in [0.25, 0.3) is 0 Å². The quantitative estimate of drug-likeness (QED) is 0.479. The van der Waals surface area contributed by atoms with E-state index in [4.69, 9.17) is 4.74 Å². The van der Waals surface area contributed by atoms with Crippen molar-refractivity contribution in [3.63, 3.8) is 0 Å². The molecular weight excluding hydrogens is 345 g/mol. The van der Waals surface area contributed by atoms with Gasteiger partial charge in [-0.1, -0.05) is 0 Å². The fourth-order valence-corrected chi connectivity index (χ4v) is 2.22. The van der Waals surface area contributed by atoms with Crippen LogP contribution < -0.4 is 10.2 Å². The highest BCUT2D eigenvalue weighted by Gasteiger charge is 2.16. The highest BCUT2D eigenvalue weighted by atomic mass is 127. The molecule has 1 aromatic heterocycles. The molecule has 18 heavy (non-hydrogen) atoms. The third-order valence-electron chi connectivity index (χ3n) is 2.78. The molecule has 1 saturated heterocycles. The minimum Gasteiger partial charge on any atom is -0.383 e. The maximum atomic E-state index is 4.99. The second-order valence-corrected chi connectivity index (χ2v) is 5.42. The lowest BCUT2D eigenvalue weighted by Gasteiger charge is -2.32. The van der Waals surface area contributed by atoms with Crippen LogP contribution in [0, 0.1) is 0 Å². The van der Waals surface area contributed by atoms with Gasteiger partial charge in [-0.3, -0.25) is 0 Å². The number of ether oxygens (including phenoxy) is 1. The summed E-state index contributed by atoms with van der Waals surface area (Å²) in [5, 5.41) is 3.15. The maximum absolute atomic E-state index is 4.99. The second kappa shape index (κ2) is 7.05. The van der Waals surface area contributed by atoms with E-state index in [-0.39, 0.29) is 0 Å². The van der Waals surface area contributed by atoms with Crippen molar-refractivity contribution in [2.45, 2.75) is 0 Å². The number of hydrogen-bond acceptors (Lipinski definition) is 6. The largest absolute Gasteiger partial charge is 0.383 e. The average Bonchev–Trinajstić information content (AvgIpc) is 2.40. The van der Waals surface area contributed by atoms with Gasteiger partial charge in [0, 0.05) is 68.9 Å². The molecule has 0 atom stereocenters. The van der Waals surface area contributed by atoms with Gasteiger partial charge in [-0.05, 0) is 6.07 Å². The van der Waals surface area contributed by atoms with Gasteiger partial charge in [0.15, 0.2) is 0 Å². The molecule has 0 saturated carbocycles. The van der Waals surface area contributed by atoms with Gasteiger partial charge < -0.3 is 15.0 Å². The highest BCUT2D eigenvalue weighted by Crippen LogP contribution is 2.15. The summed E-state index contributed by atoms with van der Waals surface area (Å²) in [5.41, 5.74) is 0. The standard InChI is InChI=1S/C11H18IN5O/c1-18-9-4-14-11-13-3-2-10(15-11)16-5-7-17(12)8-6-16/h2-3H,4-9H2,1H3,(H,13,14,15). The van der Waals surface area contributed by atoms with Gasteiger partial charge >= 0.3 is 0 Å². The molecule has 2 heterocycles. The number of piperazine rings is 1. The molecule has 6 nitrogen and oxygen atoms in total. The van der Waals surface area contributed by atoms with E-state index >= 15 is 0 Å². The van der Waals surface area contributed by atoms with Gasteiger partial charge in [-0.25, -0.2) is 8.10 Å². The van der Waals surface area contributed by atoms with Crippen LogP contribution in [-0.2, 0) is 4.74 Å². The summed E-state index contributed by atoms with van der Waals surface area (Å²) in [5.74, 6) is 1.66. The zero-order valence-electron chi connectivity index (χ0n) is 10.5. The Balaban J connectivity index is 1.94. The molecule has 1 aliphatic rings. The summed E-state index contributed by atoms with van der Waals surface area (Å²) < 4.78 is 7.29. The van der Waals surface area contributed by atoms with Crippen LogP contribution in [0.1, 0.15) is 0 Å². The molecule has 1 aromatic rings. The number of halogens is 1. The van der Waals surface area contributed by atoms with Crippen LogP contribution in [0.5, 0.6) is 0 Å². The van der Waals surface area contributed by atoms with Gasteiger partial charge in [0.1, 0.15) is 5.82 Å². The SMILES string of the molecule is COCCNc1nccc(N2CCN(I)CC2)n1. The molecule has 7 heteroatoms. The van der Waals surface area contributed by atoms with Gasteiger partial charge in [0.2, 0.25) is 5.95 Å². The fraction of sp³-hybridized carbons (Fsp3) is 0.636. The minimum absolute atomic E-state index is 0.654. The summed E-state index contributed by atoms with van der Waals surface area (Å²) >= 11 is 2.36. The lowest BCUT2D eigenvalue weighted by atomic mass is 10.3. The Labute approximate surface area is 121 Å². The zero-order chi connectivity index (χ0) is 12.8. The van der Waals surface area contributed by atoms with E-state index in [1.54, 1.807) is 13.3 Å². The molecule has 0 bridgehead atoms. The summed E-state index contributed by atoms with van der Waals surface area (Å²) in [6.07, 6.45) is 1.80. The van der Waals surface area contributed by atoms with Gasteiger partial charge in [-0.2, -0.15) is 4.98 Å². The van der Waals surface area contributed by atoms with Gasteiger partial charge in [-0.15, -0.1) is 0 Å². The van der Waals surface area contributed by atoms with Crippen molar-refractivity contribution >= 4 is 34.6 Å². The predicted molar refractivity (Wildman–Crippen MR) is 80.2 cm³/mol. The van der Waals surface area contributed by atoms with Crippen molar-refractivity contribution in [3.8, 4) is 0 Å². The summed E-state index contributed by atoms with van der Waals surface area (Å²) in [6, 6.07) is 1.96. The van der Waals surface area contributed by atoms with E-state index in [0.29, 0.717) is 12.6 Å². The van der Waals surface area contributed by atoms with Crippen molar-refractivity contribution in [2.75, 3.05) is 56.7 Å².